The molecule has 2 atom stereocenters. The van der Waals surface area contributed by atoms with E-state index in [4.69, 9.17) is 0 Å². The Hall–Kier alpha value is -2.58. The Morgan fingerprint density at radius 3 is 2.58 bits per heavy atom. The monoisotopic (exact) mass is 327 g/mol. The summed E-state index contributed by atoms with van der Waals surface area (Å²) < 4.78 is 2.68. The molecule has 0 radical (unpaired) electrons. The predicted octanol–water partition coefficient (Wildman–Crippen LogP) is 6.28. The largest absolute Gasteiger partial charge is 0.356 e. The van der Waals surface area contributed by atoms with Gasteiger partial charge in [0.2, 0.25) is 0 Å². The summed E-state index contributed by atoms with van der Waals surface area (Å²) in [5.74, 6) is 0.973. The summed E-state index contributed by atoms with van der Waals surface area (Å²) in [5.41, 5.74) is 2.33. The number of fused-ring (bicyclic) bond motifs is 4. The van der Waals surface area contributed by atoms with Gasteiger partial charge in [-0.1, -0.05) is 60.7 Å². The maximum absolute atomic E-state index is 3.57. The molecule has 1 aromatic heterocycles. The molecular weight excluding hydrogens is 310 g/mol. The maximum atomic E-state index is 3.57. The second-order valence-corrected chi connectivity index (χ2v) is 7.42. The Bertz CT molecular complexity index is 1050. The first-order valence-corrected chi connectivity index (χ1v) is 9.12. The van der Waals surface area contributed by atoms with Crippen molar-refractivity contribution in [2.24, 2.45) is 11.8 Å². The lowest BCUT2D eigenvalue weighted by Crippen LogP contribution is -2.14. The molecule has 1 heterocycles. The number of benzene rings is 2. The summed E-state index contributed by atoms with van der Waals surface area (Å²) in [6.07, 6.45) is 15.6. The molecule has 0 bridgehead atoms. The topological polar surface area (TPSA) is 12.0 Å². The molecule has 1 nitrogen and oxygen atoms in total. The van der Waals surface area contributed by atoms with E-state index in [0.29, 0.717) is 11.8 Å². The van der Waals surface area contributed by atoms with E-state index in [9.17, 15) is 0 Å². The standard InChI is InChI=1S/C22H17NS/c1-2-6-16-13-17(10-9-15(16)5-1)23-18-11-12-20-19-7-3-4-8-21(19)24-22(20)14-18/h1-16,23H. The summed E-state index contributed by atoms with van der Waals surface area (Å²) in [6.45, 7) is 0. The van der Waals surface area contributed by atoms with Gasteiger partial charge in [0, 0.05) is 43.4 Å². The average molecular weight is 327 g/mol. The van der Waals surface area contributed by atoms with Crippen molar-refractivity contribution in [1.82, 2.24) is 0 Å². The highest BCUT2D eigenvalue weighted by atomic mass is 32.1. The highest BCUT2D eigenvalue weighted by Gasteiger charge is 2.17. The molecule has 2 unspecified atom stereocenters. The van der Waals surface area contributed by atoms with Crippen molar-refractivity contribution < 1.29 is 0 Å². The van der Waals surface area contributed by atoms with E-state index < -0.39 is 0 Å². The van der Waals surface area contributed by atoms with Gasteiger partial charge < -0.3 is 5.32 Å². The molecule has 116 valence electrons. The molecule has 0 saturated carbocycles. The van der Waals surface area contributed by atoms with E-state index in [0.717, 1.165) is 5.69 Å². The Morgan fingerprint density at radius 1 is 0.792 bits per heavy atom. The molecule has 0 spiro atoms. The van der Waals surface area contributed by atoms with Gasteiger partial charge in [0.05, 0.1) is 0 Å². The summed E-state index contributed by atoms with van der Waals surface area (Å²) in [6, 6.07) is 15.3. The molecule has 2 aliphatic rings. The quantitative estimate of drug-likeness (QED) is 0.584. The van der Waals surface area contributed by atoms with E-state index in [-0.39, 0.29) is 0 Å². The second-order valence-electron chi connectivity index (χ2n) is 6.34. The van der Waals surface area contributed by atoms with Gasteiger partial charge in [0.1, 0.15) is 0 Å². The molecule has 0 amide bonds. The van der Waals surface area contributed by atoms with Crippen molar-refractivity contribution >= 4 is 37.2 Å². The van der Waals surface area contributed by atoms with Crippen LogP contribution in [0.25, 0.3) is 20.2 Å². The summed E-state index contributed by atoms with van der Waals surface area (Å²) in [4.78, 5) is 0. The molecule has 0 fully saturated rings. The van der Waals surface area contributed by atoms with E-state index in [1.54, 1.807) is 0 Å². The van der Waals surface area contributed by atoms with Crippen molar-refractivity contribution in [2.75, 3.05) is 5.32 Å². The van der Waals surface area contributed by atoms with Gasteiger partial charge in [-0.2, -0.15) is 0 Å². The summed E-state index contributed by atoms with van der Waals surface area (Å²) in [7, 11) is 0. The zero-order valence-electron chi connectivity index (χ0n) is 13.1. The lowest BCUT2D eigenvalue weighted by atomic mass is 9.84. The molecule has 0 aliphatic heterocycles. The van der Waals surface area contributed by atoms with E-state index in [1.165, 1.54) is 25.9 Å². The van der Waals surface area contributed by atoms with Crippen LogP contribution in [0, 0.1) is 11.8 Å². The molecule has 5 rings (SSSR count). The number of hydrogen-bond acceptors (Lipinski definition) is 2. The fourth-order valence-electron chi connectivity index (χ4n) is 3.53. The van der Waals surface area contributed by atoms with Gasteiger partial charge in [-0.25, -0.2) is 0 Å². The first kappa shape index (κ1) is 13.8. The number of nitrogens with one attached hydrogen (secondary N) is 1. The Labute approximate surface area is 145 Å². The van der Waals surface area contributed by atoms with Gasteiger partial charge in [0.15, 0.2) is 0 Å². The smallest absolute Gasteiger partial charge is 0.0398 e. The number of thiophene rings is 1. The van der Waals surface area contributed by atoms with Crippen molar-refractivity contribution in [2.45, 2.75) is 0 Å². The summed E-state index contributed by atoms with van der Waals surface area (Å²) in [5, 5.41) is 6.27. The molecule has 2 aliphatic carbocycles. The SMILES string of the molecule is C1=CC2C=CC(Nc3ccc4c(c3)sc3ccccc34)=CC2C=C1. The first-order valence-electron chi connectivity index (χ1n) is 8.30. The van der Waals surface area contributed by atoms with Crippen LogP contribution in [-0.2, 0) is 0 Å². The van der Waals surface area contributed by atoms with Crippen LogP contribution in [0.3, 0.4) is 0 Å². The third-order valence-corrected chi connectivity index (χ3v) is 5.89. The number of rotatable bonds is 2. The van der Waals surface area contributed by atoms with Crippen molar-refractivity contribution in [3.05, 3.63) is 90.7 Å². The second kappa shape index (κ2) is 5.50. The minimum atomic E-state index is 0.468. The van der Waals surface area contributed by atoms with E-state index in [2.05, 4.69) is 90.3 Å². The molecule has 24 heavy (non-hydrogen) atoms. The highest BCUT2D eigenvalue weighted by Crippen LogP contribution is 2.36. The van der Waals surface area contributed by atoms with Crippen LogP contribution >= 0.6 is 11.3 Å². The van der Waals surface area contributed by atoms with Gasteiger partial charge in [-0.05, 0) is 24.3 Å². The van der Waals surface area contributed by atoms with Crippen LogP contribution < -0.4 is 5.32 Å². The molecular formula is C22H17NS. The molecule has 1 N–H and O–H groups in total. The lowest BCUT2D eigenvalue weighted by Gasteiger charge is -2.23. The van der Waals surface area contributed by atoms with E-state index in [1.807, 2.05) is 11.3 Å². The number of hydrogen-bond donors (Lipinski definition) is 1. The number of allylic oxidation sites excluding steroid dienone is 7. The van der Waals surface area contributed by atoms with Crippen molar-refractivity contribution in [1.29, 1.82) is 0 Å². The third kappa shape index (κ3) is 2.31. The minimum absolute atomic E-state index is 0.468. The van der Waals surface area contributed by atoms with Crippen LogP contribution in [0.4, 0.5) is 5.69 Å². The fraction of sp³-hybridized carbons (Fsp3) is 0.0909. The van der Waals surface area contributed by atoms with Crippen LogP contribution in [0.2, 0.25) is 0 Å². The van der Waals surface area contributed by atoms with Gasteiger partial charge in [-0.3, -0.25) is 0 Å². The zero-order chi connectivity index (χ0) is 15.9. The Morgan fingerprint density at radius 2 is 1.62 bits per heavy atom. The van der Waals surface area contributed by atoms with Crippen LogP contribution in [0.15, 0.2) is 90.7 Å². The molecule has 2 heteroatoms. The molecule has 2 aromatic carbocycles. The first-order chi connectivity index (χ1) is 11.9. The summed E-state index contributed by atoms with van der Waals surface area (Å²) >= 11 is 1.86. The third-order valence-electron chi connectivity index (χ3n) is 4.76. The molecule has 0 saturated heterocycles. The van der Waals surface area contributed by atoms with Crippen LogP contribution in [0.5, 0.6) is 0 Å². The minimum Gasteiger partial charge on any atom is -0.356 e. The Kier molecular flexibility index (Phi) is 3.17. The van der Waals surface area contributed by atoms with Gasteiger partial charge in [0.25, 0.3) is 0 Å². The zero-order valence-corrected chi connectivity index (χ0v) is 14.0. The Balaban J connectivity index is 1.48. The number of anilines is 1. The van der Waals surface area contributed by atoms with Crippen molar-refractivity contribution in [3.8, 4) is 0 Å². The van der Waals surface area contributed by atoms with Crippen molar-refractivity contribution in [3.63, 3.8) is 0 Å². The van der Waals surface area contributed by atoms with Gasteiger partial charge >= 0.3 is 0 Å². The van der Waals surface area contributed by atoms with Crippen LogP contribution in [0.1, 0.15) is 0 Å². The van der Waals surface area contributed by atoms with Crippen LogP contribution in [-0.4, -0.2) is 0 Å². The predicted molar refractivity (Wildman–Crippen MR) is 105 cm³/mol. The molecule has 3 aromatic rings. The highest BCUT2D eigenvalue weighted by molar-refractivity contribution is 7.25. The maximum Gasteiger partial charge on any atom is 0.0398 e. The fourth-order valence-corrected chi connectivity index (χ4v) is 4.68. The van der Waals surface area contributed by atoms with Gasteiger partial charge in [-0.15, -0.1) is 11.3 Å². The van der Waals surface area contributed by atoms with E-state index >= 15 is 0 Å². The lowest BCUT2D eigenvalue weighted by molar-refractivity contribution is 0.655. The normalized spacial score (nSPS) is 21.9. The average Bonchev–Trinajstić information content (AvgIpc) is 2.99.